The van der Waals surface area contributed by atoms with Gasteiger partial charge in [-0.3, -0.25) is 14.4 Å². The Bertz CT molecular complexity index is 1600. The fourth-order valence-corrected chi connectivity index (χ4v) is 5.82. The van der Waals surface area contributed by atoms with Crippen LogP contribution in [0.15, 0.2) is 66.7 Å². The summed E-state index contributed by atoms with van der Waals surface area (Å²) in [5, 5.41) is 17.0. The summed E-state index contributed by atoms with van der Waals surface area (Å²) in [6.07, 6.45) is -0.305. The summed E-state index contributed by atoms with van der Waals surface area (Å²) in [6.45, 7) is 8.20. The number of benzene rings is 3. The average molecular weight is 647 g/mol. The van der Waals surface area contributed by atoms with Gasteiger partial charge in [-0.05, 0) is 79.5 Å². The number of nitrogens with one attached hydrogen (secondary N) is 3. The fraction of sp³-hybridized carbons (Fsp3) is 0.389. The Labute approximate surface area is 274 Å². The second-order valence-electron chi connectivity index (χ2n) is 13.1. The van der Waals surface area contributed by atoms with Crippen molar-refractivity contribution in [1.29, 1.82) is 0 Å². The highest BCUT2D eigenvalue weighted by Gasteiger charge is 2.32. The van der Waals surface area contributed by atoms with Crippen LogP contribution in [0.1, 0.15) is 63.6 Å². The smallest absolute Gasteiger partial charge is 0.407 e. The second-order valence-corrected chi connectivity index (χ2v) is 13.1. The number of hydrogen-bond donors (Lipinski definition) is 5. The molecule has 0 aliphatic heterocycles. The van der Waals surface area contributed by atoms with E-state index in [9.17, 15) is 28.7 Å². The lowest BCUT2D eigenvalue weighted by atomic mass is 9.84. The van der Waals surface area contributed by atoms with E-state index in [2.05, 4.69) is 16.0 Å². The Morgan fingerprint density at radius 1 is 0.915 bits per heavy atom. The largest absolute Gasteiger partial charge is 0.481 e. The van der Waals surface area contributed by atoms with Crippen LogP contribution in [0, 0.1) is 17.2 Å². The number of hydrogen-bond acceptors (Lipinski definition) is 6. The first-order chi connectivity index (χ1) is 22.2. The molecule has 0 fully saturated rings. The lowest BCUT2D eigenvalue weighted by Crippen LogP contribution is -2.53. The maximum atomic E-state index is 14.9. The number of carbonyl (C=O) groups excluding carboxylic acids is 3. The van der Waals surface area contributed by atoms with E-state index in [0.717, 1.165) is 22.3 Å². The number of nitrogens with two attached hydrogens (primary N) is 1. The number of aliphatic carboxylic acids is 1. The van der Waals surface area contributed by atoms with Gasteiger partial charge in [0.2, 0.25) is 11.8 Å². The van der Waals surface area contributed by atoms with Crippen molar-refractivity contribution < 1.29 is 33.4 Å². The molecule has 0 heterocycles. The number of alkyl carbamates (subject to hydrolysis) is 1. The van der Waals surface area contributed by atoms with Gasteiger partial charge in [-0.25, -0.2) is 9.18 Å². The molecule has 11 heteroatoms. The van der Waals surface area contributed by atoms with Crippen molar-refractivity contribution in [3.63, 3.8) is 0 Å². The van der Waals surface area contributed by atoms with Crippen LogP contribution in [-0.4, -0.2) is 53.7 Å². The molecule has 0 radical (unpaired) electrons. The molecule has 47 heavy (non-hydrogen) atoms. The van der Waals surface area contributed by atoms with E-state index in [4.69, 9.17) is 10.5 Å². The molecule has 250 valence electrons. The molecule has 0 saturated heterocycles. The first-order valence-electron chi connectivity index (χ1n) is 15.7. The van der Waals surface area contributed by atoms with Crippen LogP contribution in [-0.2, 0) is 25.5 Å². The molecule has 1 aliphatic rings. The maximum absolute atomic E-state index is 14.9. The first-order valence-corrected chi connectivity index (χ1v) is 15.7. The zero-order valence-corrected chi connectivity index (χ0v) is 27.3. The van der Waals surface area contributed by atoms with Crippen LogP contribution in [0.3, 0.4) is 0 Å². The molecular weight excluding hydrogens is 603 g/mol. The van der Waals surface area contributed by atoms with E-state index in [1.165, 1.54) is 19.1 Å². The van der Waals surface area contributed by atoms with Gasteiger partial charge in [0.1, 0.15) is 24.5 Å². The molecule has 3 amide bonds. The number of carbonyl (C=O) groups is 4. The van der Waals surface area contributed by atoms with Gasteiger partial charge >= 0.3 is 12.1 Å². The third-order valence-electron chi connectivity index (χ3n) is 8.46. The quantitative estimate of drug-likeness (QED) is 0.171. The van der Waals surface area contributed by atoms with Crippen LogP contribution in [0.2, 0.25) is 0 Å². The molecular formula is C36H43FN4O6. The monoisotopic (exact) mass is 646 g/mol. The Morgan fingerprint density at radius 2 is 1.51 bits per heavy atom. The van der Waals surface area contributed by atoms with Crippen molar-refractivity contribution >= 4 is 29.6 Å². The lowest BCUT2D eigenvalue weighted by Gasteiger charge is -2.24. The van der Waals surface area contributed by atoms with Crippen molar-refractivity contribution in [2.45, 2.75) is 71.5 Å². The van der Waals surface area contributed by atoms with Gasteiger partial charge < -0.3 is 31.5 Å². The summed E-state index contributed by atoms with van der Waals surface area (Å²) in [6, 6.07) is 17.6. The third-order valence-corrected chi connectivity index (χ3v) is 8.46. The second kappa shape index (κ2) is 14.8. The van der Waals surface area contributed by atoms with Gasteiger partial charge in [0.25, 0.3) is 0 Å². The van der Waals surface area contributed by atoms with Crippen molar-refractivity contribution in [2.75, 3.05) is 11.9 Å². The Morgan fingerprint density at radius 3 is 2.06 bits per heavy atom. The van der Waals surface area contributed by atoms with Crippen LogP contribution in [0.4, 0.5) is 14.9 Å². The number of ether oxygens (including phenoxy) is 1. The average Bonchev–Trinajstić information content (AvgIpc) is 3.33. The van der Waals surface area contributed by atoms with Gasteiger partial charge in [-0.15, -0.1) is 0 Å². The van der Waals surface area contributed by atoms with Gasteiger partial charge in [0.15, 0.2) is 0 Å². The molecule has 10 nitrogen and oxygen atoms in total. The van der Waals surface area contributed by atoms with Crippen molar-refractivity contribution in [3.8, 4) is 11.1 Å². The van der Waals surface area contributed by atoms with Crippen molar-refractivity contribution in [3.05, 3.63) is 89.2 Å². The first kappa shape index (κ1) is 35.1. The molecule has 0 spiro atoms. The van der Waals surface area contributed by atoms with Crippen molar-refractivity contribution in [2.24, 2.45) is 17.1 Å². The van der Waals surface area contributed by atoms with Gasteiger partial charge in [0, 0.05) is 12.0 Å². The third kappa shape index (κ3) is 8.53. The lowest BCUT2D eigenvalue weighted by molar-refractivity contribution is -0.147. The normalized spacial score (nSPS) is 14.4. The van der Waals surface area contributed by atoms with Crippen LogP contribution in [0.25, 0.3) is 11.1 Å². The summed E-state index contributed by atoms with van der Waals surface area (Å²) >= 11 is 0. The molecule has 0 bridgehead atoms. The molecule has 3 aromatic carbocycles. The van der Waals surface area contributed by atoms with E-state index in [1.807, 2.05) is 48.5 Å². The highest BCUT2D eigenvalue weighted by molar-refractivity contribution is 5.98. The van der Waals surface area contributed by atoms with Crippen molar-refractivity contribution in [1.82, 2.24) is 10.6 Å². The molecule has 3 atom stereocenters. The predicted molar refractivity (Wildman–Crippen MR) is 177 cm³/mol. The van der Waals surface area contributed by atoms with E-state index in [0.29, 0.717) is 5.56 Å². The van der Waals surface area contributed by atoms with Gasteiger partial charge in [-0.1, -0.05) is 68.4 Å². The van der Waals surface area contributed by atoms with Gasteiger partial charge in [-0.2, -0.15) is 0 Å². The molecule has 1 aliphatic carbocycles. The van der Waals surface area contributed by atoms with Crippen LogP contribution >= 0.6 is 0 Å². The highest BCUT2D eigenvalue weighted by Crippen LogP contribution is 2.44. The highest BCUT2D eigenvalue weighted by atomic mass is 19.1. The summed E-state index contributed by atoms with van der Waals surface area (Å²) < 4.78 is 20.5. The standard InChI is InChI=1S/C36H43FN4O6/c1-20(2)31(41-35(46)47-19-28-26-12-8-6-10-24(26)25-11-7-9-13-27(25)28)33(43)39-21(3)32(42)40-30-15-14-22(17-29(30)37)16-23(38)18-36(4,5)34(44)45/h6-15,17,20-21,23,28,31H,16,18-19,38H2,1-5H3,(H,39,43)(H,40,42)(H,41,46)(H,44,45). The van der Waals surface area contributed by atoms with Crippen LogP contribution in [0.5, 0.6) is 0 Å². The number of rotatable bonds is 13. The van der Waals surface area contributed by atoms with E-state index in [1.54, 1.807) is 33.8 Å². The molecule has 3 aromatic rings. The summed E-state index contributed by atoms with van der Waals surface area (Å²) in [5.41, 5.74) is 9.88. The van der Waals surface area contributed by atoms with Gasteiger partial charge in [0.05, 0.1) is 11.1 Å². The maximum Gasteiger partial charge on any atom is 0.407 e. The minimum Gasteiger partial charge on any atom is -0.481 e. The number of anilines is 1. The number of amides is 3. The number of carboxylic acids is 1. The van der Waals surface area contributed by atoms with E-state index in [-0.39, 0.29) is 37.0 Å². The Hall–Kier alpha value is -4.77. The molecule has 0 aromatic heterocycles. The van der Waals surface area contributed by atoms with E-state index < -0.39 is 53.2 Å². The SMILES string of the molecule is CC(NC(=O)C(NC(=O)OCC1c2ccccc2-c2ccccc21)C(C)C)C(=O)Nc1ccc(CC(N)CC(C)(C)C(=O)O)cc1F. The minimum absolute atomic E-state index is 0.0850. The van der Waals surface area contributed by atoms with E-state index >= 15 is 0 Å². The number of halogens is 1. The zero-order chi connectivity index (χ0) is 34.5. The van der Waals surface area contributed by atoms with Crippen LogP contribution < -0.4 is 21.7 Å². The Balaban J connectivity index is 1.30. The topological polar surface area (TPSA) is 160 Å². The number of carboxylic acid groups (broad SMARTS) is 1. The molecule has 6 N–H and O–H groups in total. The predicted octanol–water partition coefficient (Wildman–Crippen LogP) is 5.20. The minimum atomic E-state index is -1.06. The number of fused-ring (bicyclic) bond motifs is 3. The Kier molecular flexibility index (Phi) is 11.0. The molecule has 3 unspecified atom stereocenters. The summed E-state index contributed by atoms with van der Waals surface area (Å²) in [5.74, 6) is -3.39. The molecule has 4 rings (SSSR count). The fourth-order valence-electron chi connectivity index (χ4n) is 5.82. The summed E-state index contributed by atoms with van der Waals surface area (Å²) in [7, 11) is 0. The zero-order valence-electron chi connectivity index (χ0n) is 27.3. The molecule has 0 saturated carbocycles. The summed E-state index contributed by atoms with van der Waals surface area (Å²) in [4.78, 5) is 50.3.